The van der Waals surface area contributed by atoms with E-state index in [1.165, 1.54) is 11.6 Å². The van der Waals surface area contributed by atoms with Gasteiger partial charge in [-0.3, -0.25) is 4.57 Å². The Kier molecular flexibility index (Phi) is 5.69. The number of unbranched alkanes of at least 4 members (excludes halogenated alkanes) is 1. The highest BCUT2D eigenvalue weighted by molar-refractivity contribution is 7.65. The highest BCUT2D eigenvalue weighted by Gasteiger charge is 2.11. The number of rotatable bonds is 7. The fraction of sp³-hybridized carbons (Fsp3) is 0.333. The summed E-state index contributed by atoms with van der Waals surface area (Å²) in [6.07, 6.45) is 3.50. The molecule has 0 bridgehead atoms. The molecular weight excluding hydrogens is 171 g/mol. The minimum absolute atomic E-state index is 0.460. The smallest absolute Gasteiger partial charge is 0.246 e. The van der Waals surface area contributed by atoms with E-state index in [1.54, 1.807) is 6.08 Å². The molecule has 0 N–H and O–H groups in total. The van der Waals surface area contributed by atoms with Gasteiger partial charge >= 0.3 is 0 Å². The summed E-state index contributed by atoms with van der Waals surface area (Å²) in [6.45, 7) is 10.9. The molecule has 0 spiro atoms. The average Bonchev–Trinajstić information content (AvgIpc) is 2.12. The zero-order valence-corrected chi connectivity index (χ0v) is 8.13. The lowest BCUT2D eigenvalue weighted by Crippen LogP contribution is -1.88. The molecule has 0 aliphatic rings. The van der Waals surface area contributed by atoms with E-state index in [0.717, 1.165) is 12.8 Å². The lowest BCUT2D eigenvalue weighted by atomic mass is 10.3. The molecule has 2 nitrogen and oxygen atoms in total. The van der Waals surface area contributed by atoms with E-state index in [-0.39, 0.29) is 0 Å². The predicted molar refractivity (Wildman–Crippen MR) is 53.4 cm³/mol. The van der Waals surface area contributed by atoms with Gasteiger partial charge in [0, 0.05) is 0 Å². The monoisotopic (exact) mass is 186 g/mol. The van der Waals surface area contributed by atoms with Crippen molar-refractivity contribution in [3.63, 3.8) is 0 Å². The summed E-state index contributed by atoms with van der Waals surface area (Å²) in [5.74, 6) is 2.63. The van der Waals surface area contributed by atoms with Gasteiger partial charge in [0.15, 0.2) is 0 Å². The minimum atomic E-state index is -2.73. The SMILES string of the molecule is C=CCCCOP(=O)(C=C)C=C. The van der Waals surface area contributed by atoms with Crippen LogP contribution in [0.4, 0.5) is 0 Å². The molecule has 0 saturated carbocycles. The van der Waals surface area contributed by atoms with Crippen molar-refractivity contribution in [1.82, 2.24) is 0 Å². The summed E-state index contributed by atoms with van der Waals surface area (Å²) < 4.78 is 16.5. The van der Waals surface area contributed by atoms with E-state index in [9.17, 15) is 4.57 Å². The fourth-order valence-electron chi connectivity index (χ4n) is 0.615. The molecule has 0 heterocycles. The Morgan fingerprint density at radius 3 is 2.25 bits per heavy atom. The van der Waals surface area contributed by atoms with Gasteiger partial charge in [0.05, 0.1) is 6.61 Å². The summed E-state index contributed by atoms with van der Waals surface area (Å²) in [6, 6.07) is 0. The van der Waals surface area contributed by atoms with Crippen molar-refractivity contribution in [1.29, 1.82) is 0 Å². The van der Waals surface area contributed by atoms with Crippen LogP contribution in [-0.2, 0) is 9.09 Å². The Morgan fingerprint density at radius 2 is 1.83 bits per heavy atom. The second-order valence-corrected chi connectivity index (χ2v) is 4.55. The maximum absolute atomic E-state index is 11.4. The Balaban J connectivity index is 3.74. The molecule has 0 aromatic heterocycles. The van der Waals surface area contributed by atoms with Crippen molar-refractivity contribution in [3.05, 3.63) is 37.4 Å². The standard InChI is InChI=1S/C9H15O2P/c1-4-7-8-9-11-12(10,5-2)6-3/h4-6H,1-3,7-9H2. The predicted octanol–water partition coefficient (Wildman–Crippen LogP) is 3.53. The van der Waals surface area contributed by atoms with Crippen LogP contribution in [0.1, 0.15) is 12.8 Å². The van der Waals surface area contributed by atoms with Crippen molar-refractivity contribution >= 4 is 7.37 Å². The summed E-state index contributed by atoms with van der Waals surface area (Å²) in [5, 5.41) is 0. The van der Waals surface area contributed by atoms with Gasteiger partial charge in [-0.15, -0.1) is 6.58 Å². The van der Waals surface area contributed by atoms with Crippen molar-refractivity contribution < 1.29 is 9.09 Å². The molecule has 3 heteroatoms. The normalized spacial score (nSPS) is 10.7. The second-order valence-electron chi connectivity index (χ2n) is 2.27. The third kappa shape index (κ3) is 4.32. The first-order chi connectivity index (χ1) is 5.68. The molecule has 0 aromatic carbocycles. The molecule has 12 heavy (non-hydrogen) atoms. The van der Waals surface area contributed by atoms with Gasteiger partial charge in [-0.2, -0.15) is 0 Å². The van der Waals surface area contributed by atoms with Crippen molar-refractivity contribution in [2.75, 3.05) is 6.61 Å². The summed E-state index contributed by atoms with van der Waals surface area (Å²) >= 11 is 0. The van der Waals surface area contributed by atoms with Crippen molar-refractivity contribution in [3.8, 4) is 0 Å². The van der Waals surface area contributed by atoms with Crippen LogP contribution in [-0.4, -0.2) is 6.61 Å². The molecule has 0 unspecified atom stereocenters. The average molecular weight is 186 g/mol. The van der Waals surface area contributed by atoms with Crippen LogP contribution in [0, 0.1) is 0 Å². The molecule has 0 fully saturated rings. The van der Waals surface area contributed by atoms with Crippen molar-refractivity contribution in [2.45, 2.75) is 12.8 Å². The molecule has 0 aliphatic heterocycles. The minimum Gasteiger partial charge on any atom is -0.323 e. The third-order valence-corrected chi connectivity index (χ3v) is 2.96. The molecule has 68 valence electrons. The van der Waals surface area contributed by atoms with Gasteiger partial charge < -0.3 is 4.52 Å². The fourth-order valence-corrected chi connectivity index (χ4v) is 1.39. The lowest BCUT2D eigenvalue weighted by molar-refractivity contribution is 0.320. The first-order valence-corrected chi connectivity index (χ1v) is 5.57. The zero-order valence-electron chi connectivity index (χ0n) is 7.24. The Morgan fingerprint density at radius 1 is 1.25 bits per heavy atom. The quantitative estimate of drug-likeness (QED) is 0.345. The summed E-state index contributed by atoms with van der Waals surface area (Å²) in [4.78, 5) is 0. The van der Waals surface area contributed by atoms with E-state index in [4.69, 9.17) is 4.52 Å². The van der Waals surface area contributed by atoms with Gasteiger partial charge in [-0.25, -0.2) is 0 Å². The van der Waals surface area contributed by atoms with Gasteiger partial charge in [0.1, 0.15) is 0 Å². The molecule has 0 saturated heterocycles. The van der Waals surface area contributed by atoms with Crippen LogP contribution in [0.5, 0.6) is 0 Å². The molecule has 0 atom stereocenters. The van der Waals surface area contributed by atoms with Gasteiger partial charge in [-0.1, -0.05) is 19.2 Å². The Bertz CT molecular complexity index is 197. The molecule has 0 amide bonds. The highest BCUT2D eigenvalue weighted by Crippen LogP contribution is 2.48. The maximum atomic E-state index is 11.4. The number of hydrogen-bond acceptors (Lipinski definition) is 2. The number of allylic oxidation sites excluding steroid dienone is 1. The van der Waals surface area contributed by atoms with Crippen LogP contribution in [0.3, 0.4) is 0 Å². The lowest BCUT2D eigenvalue weighted by Gasteiger charge is -2.08. The van der Waals surface area contributed by atoms with Gasteiger partial charge in [0.25, 0.3) is 0 Å². The zero-order chi connectivity index (χ0) is 9.45. The summed E-state index contributed by atoms with van der Waals surface area (Å²) in [5.41, 5.74) is 0. The highest BCUT2D eigenvalue weighted by atomic mass is 31.2. The maximum Gasteiger partial charge on any atom is 0.246 e. The third-order valence-electron chi connectivity index (χ3n) is 1.35. The molecule has 0 aliphatic carbocycles. The van der Waals surface area contributed by atoms with E-state index < -0.39 is 7.37 Å². The second kappa shape index (κ2) is 5.99. The van der Waals surface area contributed by atoms with Crippen molar-refractivity contribution in [2.24, 2.45) is 0 Å². The van der Waals surface area contributed by atoms with Crippen LogP contribution in [0.2, 0.25) is 0 Å². The molecular formula is C9H15O2P. The molecule has 0 aromatic rings. The van der Waals surface area contributed by atoms with Crippen LogP contribution in [0.15, 0.2) is 37.4 Å². The number of hydrogen-bond donors (Lipinski definition) is 0. The summed E-state index contributed by atoms with van der Waals surface area (Å²) in [7, 11) is -2.73. The van der Waals surface area contributed by atoms with Crippen LogP contribution < -0.4 is 0 Å². The first-order valence-electron chi connectivity index (χ1n) is 3.80. The van der Waals surface area contributed by atoms with Gasteiger partial charge in [-0.05, 0) is 24.5 Å². The van der Waals surface area contributed by atoms with Gasteiger partial charge in [0.2, 0.25) is 7.37 Å². The molecule has 0 rings (SSSR count). The van der Waals surface area contributed by atoms with Crippen LogP contribution in [0.25, 0.3) is 0 Å². The Hall–Kier alpha value is -0.590. The largest absolute Gasteiger partial charge is 0.323 e. The van der Waals surface area contributed by atoms with E-state index >= 15 is 0 Å². The Labute approximate surface area is 74.1 Å². The van der Waals surface area contributed by atoms with E-state index in [2.05, 4.69) is 19.7 Å². The van der Waals surface area contributed by atoms with Crippen LogP contribution >= 0.6 is 7.37 Å². The van der Waals surface area contributed by atoms with E-state index in [0.29, 0.717) is 6.61 Å². The van der Waals surface area contributed by atoms with E-state index in [1.807, 2.05) is 0 Å². The topological polar surface area (TPSA) is 26.3 Å². The first kappa shape index (κ1) is 11.4. The molecule has 0 radical (unpaired) electrons.